The second-order valence-corrected chi connectivity index (χ2v) is 10.5. The predicted molar refractivity (Wildman–Crippen MR) is 140 cm³/mol. The van der Waals surface area contributed by atoms with E-state index in [1.807, 2.05) is 18.2 Å². The fraction of sp³-hybridized carbons (Fsp3) is 0.400. The Kier molecular flexibility index (Phi) is 5.76. The predicted octanol–water partition coefficient (Wildman–Crippen LogP) is 4.90. The van der Waals surface area contributed by atoms with Crippen molar-refractivity contribution in [3.63, 3.8) is 0 Å². The Bertz CT molecular complexity index is 1420. The maximum atomic E-state index is 11.4. The third kappa shape index (κ3) is 3.46. The standard InChI is InChI=1S/C30H32O8/c1-35-23-13-22-17(11-21(32)28(38-22)18-12-24(36-2)27(34)29(37-3)26(18)33)19-14-30(8-4-5-9-30)20-10-15(31)6-7-16(20)25(19)23/h6-7,10,12-13,21,28,31-34H,4-5,8-9,11,14H2,1-3H3. The number of hydrogen-bond acceptors (Lipinski definition) is 8. The van der Waals surface area contributed by atoms with Gasteiger partial charge in [-0.1, -0.05) is 18.9 Å². The highest BCUT2D eigenvalue weighted by molar-refractivity contribution is 5.83. The van der Waals surface area contributed by atoms with Gasteiger partial charge in [0.2, 0.25) is 11.5 Å². The van der Waals surface area contributed by atoms with Gasteiger partial charge in [0, 0.05) is 34.6 Å². The number of aromatic hydroxyl groups is 3. The molecule has 0 radical (unpaired) electrons. The number of phenolic OH excluding ortho intramolecular Hbond substituents is 3. The highest BCUT2D eigenvalue weighted by Crippen LogP contribution is 2.58. The van der Waals surface area contributed by atoms with E-state index in [9.17, 15) is 20.4 Å². The molecule has 2 unspecified atom stereocenters. The molecule has 0 amide bonds. The van der Waals surface area contributed by atoms with Gasteiger partial charge in [-0.2, -0.15) is 0 Å². The molecule has 1 fully saturated rings. The average molecular weight is 521 g/mol. The summed E-state index contributed by atoms with van der Waals surface area (Å²) in [5.74, 6) is 0.799. The maximum absolute atomic E-state index is 11.4. The molecule has 3 aromatic rings. The summed E-state index contributed by atoms with van der Waals surface area (Å²) >= 11 is 0. The van der Waals surface area contributed by atoms with Crippen molar-refractivity contribution in [2.45, 2.75) is 56.1 Å². The number of ether oxygens (including phenoxy) is 4. The van der Waals surface area contributed by atoms with Crippen LogP contribution < -0.4 is 18.9 Å². The van der Waals surface area contributed by atoms with Crippen LogP contribution in [0, 0.1) is 0 Å². The van der Waals surface area contributed by atoms with Gasteiger partial charge in [0.25, 0.3) is 0 Å². The van der Waals surface area contributed by atoms with Crippen LogP contribution >= 0.6 is 0 Å². The first-order chi connectivity index (χ1) is 18.3. The molecular weight excluding hydrogens is 488 g/mol. The van der Waals surface area contributed by atoms with Crippen molar-refractivity contribution in [2.75, 3.05) is 21.3 Å². The molecule has 4 N–H and O–H groups in total. The molecule has 1 spiro atoms. The molecule has 0 saturated heterocycles. The van der Waals surface area contributed by atoms with Crippen LogP contribution in [0.3, 0.4) is 0 Å². The smallest absolute Gasteiger partial charge is 0.207 e. The SMILES string of the molecule is COc1cc(C2Oc3cc(OC)c4c(c3CC2O)CC2(CCCC2)c2cc(O)ccc2-4)c(O)c(OC)c1O. The monoisotopic (exact) mass is 520 g/mol. The molecule has 6 rings (SSSR count). The van der Waals surface area contributed by atoms with Crippen LogP contribution in [0.1, 0.15) is 54.0 Å². The van der Waals surface area contributed by atoms with Crippen LogP contribution in [-0.2, 0) is 18.3 Å². The van der Waals surface area contributed by atoms with Crippen molar-refractivity contribution >= 4 is 0 Å². The van der Waals surface area contributed by atoms with Crippen molar-refractivity contribution in [2.24, 2.45) is 0 Å². The zero-order valence-corrected chi connectivity index (χ0v) is 21.7. The van der Waals surface area contributed by atoms with Gasteiger partial charge in [0.15, 0.2) is 17.6 Å². The number of rotatable bonds is 4. The van der Waals surface area contributed by atoms with Crippen molar-refractivity contribution in [3.05, 3.63) is 52.6 Å². The lowest BCUT2D eigenvalue weighted by Gasteiger charge is -2.41. The third-order valence-electron chi connectivity index (χ3n) is 8.58. The molecule has 8 nitrogen and oxygen atoms in total. The Labute approximate surface area is 221 Å². The number of fused-ring (bicyclic) bond motifs is 6. The van der Waals surface area contributed by atoms with Crippen molar-refractivity contribution in [3.8, 4) is 51.4 Å². The minimum absolute atomic E-state index is 0.0844. The highest BCUT2D eigenvalue weighted by atomic mass is 16.5. The Morgan fingerprint density at radius 1 is 0.868 bits per heavy atom. The van der Waals surface area contributed by atoms with Crippen LogP contribution in [0.5, 0.6) is 40.2 Å². The van der Waals surface area contributed by atoms with Gasteiger partial charge in [-0.05, 0) is 54.2 Å². The third-order valence-corrected chi connectivity index (χ3v) is 8.58. The summed E-state index contributed by atoms with van der Waals surface area (Å²) < 4.78 is 22.7. The first kappa shape index (κ1) is 24.6. The Morgan fingerprint density at radius 2 is 1.61 bits per heavy atom. The number of benzene rings is 3. The number of methoxy groups -OCH3 is 3. The lowest BCUT2D eigenvalue weighted by Crippen LogP contribution is -2.34. The second-order valence-electron chi connectivity index (χ2n) is 10.5. The van der Waals surface area contributed by atoms with E-state index in [-0.39, 0.29) is 39.7 Å². The lowest BCUT2D eigenvalue weighted by molar-refractivity contribution is 0.0186. The summed E-state index contributed by atoms with van der Waals surface area (Å²) in [6.07, 6.45) is 3.48. The van der Waals surface area contributed by atoms with Crippen molar-refractivity contribution in [1.82, 2.24) is 0 Å². The Morgan fingerprint density at radius 3 is 2.29 bits per heavy atom. The molecule has 200 valence electrons. The van der Waals surface area contributed by atoms with Gasteiger partial charge in [-0.25, -0.2) is 0 Å². The van der Waals surface area contributed by atoms with Gasteiger partial charge in [0.1, 0.15) is 17.2 Å². The van der Waals surface area contributed by atoms with E-state index < -0.39 is 12.2 Å². The Hall–Kier alpha value is -3.78. The fourth-order valence-electron chi connectivity index (χ4n) is 6.83. The largest absolute Gasteiger partial charge is 0.508 e. The first-order valence-electron chi connectivity index (χ1n) is 12.9. The minimum Gasteiger partial charge on any atom is -0.508 e. The van der Waals surface area contributed by atoms with E-state index >= 15 is 0 Å². The molecule has 1 aliphatic heterocycles. The van der Waals surface area contributed by atoms with E-state index in [2.05, 4.69) is 0 Å². The number of aliphatic hydroxyl groups excluding tert-OH is 1. The van der Waals surface area contributed by atoms with Crippen LogP contribution in [0.25, 0.3) is 11.1 Å². The van der Waals surface area contributed by atoms with E-state index in [4.69, 9.17) is 18.9 Å². The van der Waals surface area contributed by atoms with E-state index in [1.54, 1.807) is 13.2 Å². The summed E-state index contributed by atoms with van der Waals surface area (Å²) in [5.41, 5.74) is 5.37. The summed E-state index contributed by atoms with van der Waals surface area (Å²) in [4.78, 5) is 0. The lowest BCUT2D eigenvalue weighted by atomic mass is 9.65. The van der Waals surface area contributed by atoms with Crippen LogP contribution in [-0.4, -0.2) is 47.9 Å². The minimum atomic E-state index is -0.981. The van der Waals surface area contributed by atoms with E-state index in [0.717, 1.165) is 59.9 Å². The highest BCUT2D eigenvalue weighted by Gasteiger charge is 2.45. The molecule has 38 heavy (non-hydrogen) atoms. The van der Waals surface area contributed by atoms with E-state index in [1.165, 1.54) is 20.3 Å². The van der Waals surface area contributed by atoms with Gasteiger partial charge in [-0.15, -0.1) is 0 Å². The fourth-order valence-corrected chi connectivity index (χ4v) is 6.83. The van der Waals surface area contributed by atoms with Gasteiger partial charge in [0.05, 0.1) is 27.4 Å². The summed E-state index contributed by atoms with van der Waals surface area (Å²) in [5, 5.41) is 43.0. The van der Waals surface area contributed by atoms with Gasteiger partial charge < -0.3 is 39.4 Å². The topological polar surface area (TPSA) is 118 Å². The molecule has 3 aliphatic rings. The summed E-state index contributed by atoms with van der Waals surface area (Å²) in [7, 11) is 4.36. The molecule has 8 heteroatoms. The zero-order valence-electron chi connectivity index (χ0n) is 21.7. The molecule has 1 saturated carbocycles. The number of aliphatic hydroxyl groups is 1. The molecule has 2 aliphatic carbocycles. The first-order valence-corrected chi connectivity index (χ1v) is 12.9. The number of hydrogen-bond donors (Lipinski definition) is 4. The second kappa shape index (κ2) is 8.91. The average Bonchev–Trinajstić information content (AvgIpc) is 3.38. The summed E-state index contributed by atoms with van der Waals surface area (Å²) in [6, 6.07) is 8.87. The molecule has 2 atom stereocenters. The molecule has 3 aromatic carbocycles. The maximum Gasteiger partial charge on any atom is 0.207 e. The van der Waals surface area contributed by atoms with Gasteiger partial charge in [-0.3, -0.25) is 0 Å². The summed E-state index contributed by atoms with van der Waals surface area (Å²) in [6.45, 7) is 0. The molecule has 0 aromatic heterocycles. The molecular formula is C30H32O8. The molecule has 1 heterocycles. The van der Waals surface area contributed by atoms with Crippen molar-refractivity contribution in [1.29, 1.82) is 0 Å². The van der Waals surface area contributed by atoms with Crippen LogP contribution in [0.2, 0.25) is 0 Å². The van der Waals surface area contributed by atoms with Crippen molar-refractivity contribution < 1.29 is 39.4 Å². The van der Waals surface area contributed by atoms with E-state index in [0.29, 0.717) is 17.9 Å². The molecule has 0 bridgehead atoms. The zero-order chi connectivity index (χ0) is 26.8. The van der Waals surface area contributed by atoms with Gasteiger partial charge >= 0.3 is 0 Å². The van der Waals surface area contributed by atoms with Crippen LogP contribution in [0.15, 0.2) is 30.3 Å². The normalized spacial score (nSPS) is 20.7. The van der Waals surface area contributed by atoms with Crippen LogP contribution in [0.4, 0.5) is 0 Å². The quantitative estimate of drug-likeness (QED) is 0.384. The number of phenols is 3. The Balaban J connectivity index is 1.51.